The zero-order chi connectivity index (χ0) is 24.9. The molecule has 0 spiro atoms. The zero-order valence-electron chi connectivity index (χ0n) is 21.7. The highest BCUT2D eigenvalue weighted by molar-refractivity contribution is 5.63. The van der Waals surface area contributed by atoms with Gasteiger partial charge in [0.05, 0.1) is 11.3 Å². The minimum absolute atomic E-state index is 0.280. The standard InChI is InChI=1S/C30H38F2N2/c1-16(2)25-13-22(28-20(7)18(5)19(6)21(28)8)14-26(17(3)4)29(25)34-12-11-33-30(34)24-10-9-23(31)15-27(24)32/h9-21,28H,1-8H3. The summed E-state index contributed by atoms with van der Waals surface area (Å²) >= 11 is 0. The Bertz CT molecular complexity index is 1130. The van der Waals surface area contributed by atoms with E-state index in [9.17, 15) is 8.78 Å². The molecule has 1 fully saturated rings. The van der Waals surface area contributed by atoms with Gasteiger partial charge >= 0.3 is 0 Å². The monoisotopic (exact) mass is 464 g/mol. The molecule has 2 aromatic carbocycles. The Morgan fingerprint density at radius 2 is 1.35 bits per heavy atom. The molecule has 4 atom stereocenters. The summed E-state index contributed by atoms with van der Waals surface area (Å²) in [6, 6.07) is 8.47. The number of imidazole rings is 1. The molecule has 182 valence electrons. The maximum Gasteiger partial charge on any atom is 0.147 e. The first-order valence-corrected chi connectivity index (χ1v) is 12.7. The molecule has 0 N–H and O–H groups in total. The lowest BCUT2D eigenvalue weighted by molar-refractivity contribution is 0.352. The van der Waals surface area contributed by atoms with Gasteiger partial charge in [-0.05, 0) is 70.2 Å². The number of hydrogen-bond acceptors (Lipinski definition) is 1. The lowest BCUT2D eigenvalue weighted by atomic mass is 9.79. The number of nitrogens with zero attached hydrogens (tertiary/aromatic N) is 2. The van der Waals surface area contributed by atoms with Crippen molar-refractivity contribution >= 4 is 0 Å². The van der Waals surface area contributed by atoms with Gasteiger partial charge in [-0.15, -0.1) is 0 Å². The van der Waals surface area contributed by atoms with Crippen LogP contribution >= 0.6 is 0 Å². The van der Waals surface area contributed by atoms with Crippen LogP contribution in [0.5, 0.6) is 0 Å². The third kappa shape index (κ3) is 4.10. The van der Waals surface area contributed by atoms with Crippen LogP contribution in [-0.4, -0.2) is 9.55 Å². The summed E-state index contributed by atoms with van der Waals surface area (Å²) in [7, 11) is 0. The Balaban J connectivity index is 1.95. The third-order valence-electron chi connectivity index (χ3n) is 8.49. The molecule has 2 nitrogen and oxygen atoms in total. The molecule has 0 bridgehead atoms. The second kappa shape index (κ2) is 9.28. The molecule has 0 saturated heterocycles. The van der Waals surface area contributed by atoms with E-state index < -0.39 is 11.6 Å². The fourth-order valence-electron chi connectivity index (χ4n) is 6.11. The number of halogens is 2. The quantitative estimate of drug-likeness (QED) is 0.369. The molecular formula is C30H38F2N2. The van der Waals surface area contributed by atoms with Crippen LogP contribution in [-0.2, 0) is 0 Å². The average molecular weight is 465 g/mol. The maximum absolute atomic E-state index is 14.8. The van der Waals surface area contributed by atoms with Gasteiger partial charge < -0.3 is 0 Å². The summed E-state index contributed by atoms with van der Waals surface area (Å²) in [4.78, 5) is 4.50. The van der Waals surface area contributed by atoms with E-state index in [1.165, 1.54) is 28.8 Å². The molecule has 3 aromatic rings. The van der Waals surface area contributed by atoms with E-state index in [2.05, 4.69) is 72.5 Å². The van der Waals surface area contributed by atoms with Gasteiger partial charge in [0, 0.05) is 18.5 Å². The summed E-state index contributed by atoms with van der Waals surface area (Å²) < 4.78 is 30.4. The van der Waals surface area contributed by atoms with E-state index >= 15 is 0 Å². The van der Waals surface area contributed by atoms with Crippen molar-refractivity contribution in [2.75, 3.05) is 0 Å². The topological polar surface area (TPSA) is 17.8 Å². The van der Waals surface area contributed by atoms with E-state index in [0.717, 1.165) is 11.8 Å². The lowest BCUT2D eigenvalue weighted by Crippen LogP contribution is -2.15. The van der Waals surface area contributed by atoms with Gasteiger partial charge in [-0.25, -0.2) is 13.8 Å². The summed E-state index contributed by atoms with van der Waals surface area (Å²) in [5.74, 6) is 3.00. The third-order valence-corrected chi connectivity index (χ3v) is 8.49. The molecule has 1 aliphatic carbocycles. The van der Waals surface area contributed by atoms with E-state index in [4.69, 9.17) is 0 Å². The van der Waals surface area contributed by atoms with Crippen LogP contribution in [0.15, 0.2) is 42.7 Å². The van der Waals surface area contributed by atoms with Crippen molar-refractivity contribution in [1.82, 2.24) is 9.55 Å². The largest absolute Gasteiger partial charge is 0.299 e. The van der Waals surface area contributed by atoms with Crippen LogP contribution in [0.3, 0.4) is 0 Å². The molecule has 34 heavy (non-hydrogen) atoms. The van der Waals surface area contributed by atoms with E-state index in [1.807, 2.05) is 10.8 Å². The molecule has 0 aliphatic heterocycles. The van der Waals surface area contributed by atoms with Crippen molar-refractivity contribution in [2.24, 2.45) is 23.7 Å². The Morgan fingerprint density at radius 1 is 0.794 bits per heavy atom. The van der Waals surface area contributed by atoms with Crippen LogP contribution in [0.4, 0.5) is 8.78 Å². The van der Waals surface area contributed by atoms with Gasteiger partial charge in [-0.2, -0.15) is 0 Å². The molecule has 1 heterocycles. The fourth-order valence-corrected chi connectivity index (χ4v) is 6.11. The molecule has 4 rings (SSSR count). The molecule has 0 amide bonds. The minimum atomic E-state index is -0.599. The highest BCUT2D eigenvalue weighted by Gasteiger charge is 2.42. The summed E-state index contributed by atoms with van der Waals surface area (Å²) in [6.07, 6.45) is 3.60. The number of aromatic nitrogens is 2. The highest BCUT2D eigenvalue weighted by atomic mass is 19.1. The second-order valence-corrected chi connectivity index (χ2v) is 11.1. The molecule has 0 radical (unpaired) electrons. The zero-order valence-corrected chi connectivity index (χ0v) is 21.7. The van der Waals surface area contributed by atoms with Gasteiger partial charge in [0.2, 0.25) is 0 Å². The van der Waals surface area contributed by atoms with Crippen molar-refractivity contribution in [3.63, 3.8) is 0 Å². The first kappa shape index (κ1) is 24.6. The first-order valence-electron chi connectivity index (χ1n) is 12.7. The first-order chi connectivity index (χ1) is 16.0. The number of rotatable bonds is 5. The van der Waals surface area contributed by atoms with E-state index in [0.29, 0.717) is 41.0 Å². The maximum atomic E-state index is 14.8. The van der Waals surface area contributed by atoms with E-state index in [-0.39, 0.29) is 11.8 Å². The Labute approximate surface area is 203 Å². The Kier molecular flexibility index (Phi) is 6.72. The molecule has 1 saturated carbocycles. The lowest BCUT2D eigenvalue weighted by Gasteiger charge is -2.28. The van der Waals surface area contributed by atoms with Crippen LogP contribution in [0, 0.1) is 35.3 Å². The molecule has 1 aliphatic rings. The van der Waals surface area contributed by atoms with Gasteiger partial charge in [-0.1, -0.05) is 67.5 Å². The van der Waals surface area contributed by atoms with E-state index in [1.54, 1.807) is 6.20 Å². The summed E-state index contributed by atoms with van der Waals surface area (Å²) in [5, 5.41) is 0. The predicted molar refractivity (Wildman–Crippen MR) is 136 cm³/mol. The molecule has 1 aromatic heterocycles. The summed E-state index contributed by atoms with van der Waals surface area (Å²) in [5.41, 5.74) is 5.29. The molecular weight excluding hydrogens is 426 g/mol. The second-order valence-electron chi connectivity index (χ2n) is 11.1. The minimum Gasteiger partial charge on any atom is -0.299 e. The van der Waals surface area contributed by atoms with Gasteiger partial charge in [0.1, 0.15) is 17.5 Å². The van der Waals surface area contributed by atoms with Crippen molar-refractivity contribution in [2.45, 2.75) is 73.1 Å². The van der Waals surface area contributed by atoms with Crippen molar-refractivity contribution in [1.29, 1.82) is 0 Å². The van der Waals surface area contributed by atoms with Crippen molar-refractivity contribution in [3.05, 3.63) is 71.1 Å². The normalized spacial score (nSPS) is 25.0. The predicted octanol–water partition coefficient (Wildman–Crippen LogP) is 8.71. The van der Waals surface area contributed by atoms with Crippen LogP contribution in [0.25, 0.3) is 17.1 Å². The highest BCUT2D eigenvalue weighted by Crippen LogP contribution is 2.52. The number of hydrogen-bond donors (Lipinski definition) is 0. The number of benzene rings is 2. The van der Waals surface area contributed by atoms with Crippen LogP contribution in [0.1, 0.15) is 89.8 Å². The smallest absolute Gasteiger partial charge is 0.147 e. The SMILES string of the molecule is CC(C)c1cc(C2C(C)C(C)C(C)C2C)cc(C(C)C)c1-n1ccnc1-c1ccc(F)cc1F. The average Bonchev–Trinajstić information content (AvgIpc) is 3.32. The molecule has 4 heteroatoms. The summed E-state index contributed by atoms with van der Waals surface area (Å²) in [6.45, 7) is 18.5. The van der Waals surface area contributed by atoms with Crippen LogP contribution < -0.4 is 0 Å². The van der Waals surface area contributed by atoms with Crippen molar-refractivity contribution in [3.8, 4) is 17.1 Å². The fraction of sp³-hybridized carbons (Fsp3) is 0.500. The van der Waals surface area contributed by atoms with Gasteiger partial charge in [-0.3, -0.25) is 4.57 Å². The van der Waals surface area contributed by atoms with Gasteiger partial charge in [0.15, 0.2) is 0 Å². The van der Waals surface area contributed by atoms with Gasteiger partial charge in [0.25, 0.3) is 0 Å². The Hall–Kier alpha value is -2.49. The van der Waals surface area contributed by atoms with Crippen molar-refractivity contribution < 1.29 is 8.78 Å². The molecule has 4 unspecified atom stereocenters. The van der Waals surface area contributed by atoms with Crippen LogP contribution in [0.2, 0.25) is 0 Å². The Morgan fingerprint density at radius 3 is 1.85 bits per heavy atom.